The van der Waals surface area contributed by atoms with Gasteiger partial charge < -0.3 is 14.5 Å². The first kappa shape index (κ1) is 16.4. The van der Waals surface area contributed by atoms with Crippen molar-refractivity contribution in [3.63, 3.8) is 0 Å². The fraction of sp³-hybridized carbons (Fsp3) is 0.812. The third kappa shape index (κ3) is 5.00. The molecule has 0 N–H and O–H groups in total. The largest absolute Gasteiger partial charge is 0.375 e. The molecule has 0 radical (unpaired) electrons. The van der Waals surface area contributed by atoms with Crippen molar-refractivity contribution in [2.45, 2.75) is 44.8 Å². The van der Waals surface area contributed by atoms with Gasteiger partial charge in [0.2, 0.25) is 5.91 Å². The van der Waals surface area contributed by atoms with Crippen LogP contribution in [0.4, 0.5) is 0 Å². The van der Waals surface area contributed by atoms with E-state index in [0.717, 1.165) is 45.6 Å². The molecule has 1 aromatic heterocycles. The molecular weight excluding hydrogens is 294 g/mol. The van der Waals surface area contributed by atoms with Gasteiger partial charge in [0.1, 0.15) is 12.7 Å². The van der Waals surface area contributed by atoms with Crippen LogP contribution in [0.2, 0.25) is 0 Å². The Labute approximate surface area is 137 Å². The zero-order valence-corrected chi connectivity index (χ0v) is 13.8. The Morgan fingerprint density at radius 1 is 1.22 bits per heavy atom. The zero-order valence-electron chi connectivity index (χ0n) is 13.8. The van der Waals surface area contributed by atoms with Crippen LogP contribution in [0.3, 0.4) is 0 Å². The van der Waals surface area contributed by atoms with Gasteiger partial charge in [0, 0.05) is 39.2 Å². The second-order valence-electron chi connectivity index (χ2n) is 6.46. The highest BCUT2D eigenvalue weighted by atomic mass is 16.5. The van der Waals surface area contributed by atoms with E-state index in [9.17, 15) is 4.79 Å². The molecule has 23 heavy (non-hydrogen) atoms. The van der Waals surface area contributed by atoms with E-state index < -0.39 is 0 Å². The molecule has 3 rings (SSSR count). The number of carbonyl (C=O) groups is 1. The lowest BCUT2D eigenvalue weighted by Gasteiger charge is -2.27. The summed E-state index contributed by atoms with van der Waals surface area (Å²) < 4.78 is 7.72. The maximum atomic E-state index is 12.5. The number of hydrogen-bond donors (Lipinski definition) is 0. The average molecular weight is 321 g/mol. The van der Waals surface area contributed by atoms with Crippen molar-refractivity contribution in [2.75, 3.05) is 39.3 Å². The second kappa shape index (κ2) is 8.40. The van der Waals surface area contributed by atoms with Crippen molar-refractivity contribution >= 4 is 5.91 Å². The standard InChI is InChI=1S/C16H27N5O2/c22-16(5-3-9-21-14-17-13-18-21)20-8-4-10-23-15(12-20)11-19-6-1-2-7-19/h13-15H,1-12H2/t15-/m0/s1. The lowest BCUT2D eigenvalue weighted by atomic mass is 10.2. The lowest BCUT2D eigenvalue weighted by Crippen LogP contribution is -2.41. The van der Waals surface area contributed by atoms with Gasteiger partial charge in [-0.25, -0.2) is 4.98 Å². The Hall–Kier alpha value is -1.47. The van der Waals surface area contributed by atoms with Crippen LogP contribution < -0.4 is 0 Å². The maximum absolute atomic E-state index is 12.5. The summed E-state index contributed by atoms with van der Waals surface area (Å²) in [6.07, 6.45) is 8.26. The molecule has 1 atom stereocenters. The molecule has 7 nitrogen and oxygen atoms in total. The third-order valence-electron chi connectivity index (χ3n) is 4.61. The Morgan fingerprint density at radius 3 is 2.87 bits per heavy atom. The molecule has 0 spiro atoms. The van der Waals surface area contributed by atoms with Gasteiger partial charge in [-0.3, -0.25) is 9.48 Å². The minimum atomic E-state index is 0.162. The first-order chi connectivity index (χ1) is 11.3. The van der Waals surface area contributed by atoms with E-state index >= 15 is 0 Å². The van der Waals surface area contributed by atoms with Crippen LogP contribution in [0.1, 0.15) is 32.1 Å². The maximum Gasteiger partial charge on any atom is 0.222 e. The van der Waals surface area contributed by atoms with Crippen LogP contribution in [0.5, 0.6) is 0 Å². The molecule has 1 amide bonds. The van der Waals surface area contributed by atoms with Gasteiger partial charge >= 0.3 is 0 Å². The summed E-state index contributed by atoms with van der Waals surface area (Å²) in [7, 11) is 0. The fourth-order valence-corrected chi connectivity index (χ4v) is 3.38. The number of nitrogens with zero attached hydrogens (tertiary/aromatic N) is 5. The smallest absolute Gasteiger partial charge is 0.222 e. The molecule has 1 aromatic rings. The molecule has 2 aliphatic rings. The van der Waals surface area contributed by atoms with Crippen LogP contribution >= 0.6 is 0 Å². The lowest BCUT2D eigenvalue weighted by molar-refractivity contribution is -0.132. The SMILES string of the molecule is O=C(CCCn1cncn1)N1CCCO[C@@H](CN2CCCC2)C1. The molecular formula is C16H27N5O2. The molecule has 0 saturated carbocycles. The first-order valence-electron chi connectivity index (χ1n) is 8.75. The first-order valence-corrected chi connectivity index (χ1v) is 8.75. The van der Waals surface area contributed by atoms with Gasteiger partial charge in [-0.1, -0.05) is 0 Å². The highest BCUT2D eigenvalue weighted by Crippen LogP contribution is 2.13. The third-order valence-corrected chi connectivity index (χ3v) is 4.61. The van der Waals surface area contributed by atoms with Crippen LogP contribution in [-0.2, 0) is 16.1 Å². The summed E-state index contributed by atoms with van der Waals surface area (Å²) in [6, 6.07) is 0. The number of amides is 1. The minimum absolute atomic E-state index is 0.162. The molecule has 128 valence electrons. The number of carbonyl (C=O) groups excluding carboxylic acids is 1. The number of ether oxygens (including phenoxy) is 1. The van der Waals surface area contributed by atoms with Crippen molar-refractivity contribution in [3.8, 4) is 0 Å². The minimum Gasteiger partial charge on any atom is -0.375 e. The van der Waals surface area contributed by atoms with E-state index in [1.807, 2.05) is 4.90 Å². The number of aryl methyl sites for hydroxylation is 1. The van der Waals surface area contributed by atoms with Crippen LogP contribution in [-0.4, -0.2) is 75.9 Å². The number of likely N-dealkylation sites (tertiary alicyclic amines) is 1. The number of hydrogen-bond acceptors (Lipinski definition) is 5. The van der Waals surface area contributed by atoms with Gasteiger partial charge in [-0.15, -0.1) is 0 Å². The molecule has 2 fully saturated rings. The number of aromatic nitrogens is 3. The summed E-state index contributed by atoms with van der Waals surface area (Å²) in [5, 5.41) is 4.07. The van der Waals surface area contributed by atoms with E-state index in [2.05, 4.69) is 15.0 Å². The Kier molecular flexibility index (Phi) is 5.99. The van der Waals surface area contributed by atoms with Gasteiger partial charge in [0.25, 0.3) is 0 Å². The molecule has 3 heterocycles. The molecule has 2 aliphatic heterocycles. The molecule has 7 heteroatoms. The quantitative estimate of drug-likeness (QED) is 0.774. The summed E-state index contributed by atoms with van der Waals surface area (Å²) in [5.41, 5.74) is 0. The van der Waals surface area contributed by atoms with Crippen molar-refractivity contribution in [1.82, 2.24) is 24.6 Å². The molecule has 0 aromatic carbocycles. The van der Waals surface area contributed by atoms with E-state index in [-0.39, 0.29) is 12.0 Å². The summed E-state index contributed by atoms with van der Waals surface area (Å²) in [4.78, 5) is 20.8. The van der Waals surface area contributed by atoms with E-state index in [4.69, 9.17) is 4.74 Å². The highest BCUT2D eigenvalue weighted by Gasteiger charge is 2.25. The Balaban J connectivity index is 1.43. The van der Waals surface area contributed by atoms with Gasteiger partial charge in [-0.2, -0.15) is 5.10 Å². The monoisotopic (exact) mass is 321 g/mol. The van der Waals surface area contributed by atoms with Gasteiger partial charge in [0.05, 0.1) is 6.10 Å². The molecule has 0 aliphatic carbocycles. The highest BCUT2D eigenvalue weighted by molar-refractivity contribution is 5.76. The van der Waals surface area contributed by atoms with Crippen molar-refractivity contribution in [2.24, 2.45) is 0 Å². The normalized spacial score (nSPS) is 23.1. The predicted molar refractivity (Wildman–Crippen MR) is 85.9 cm³/mol. The predicted octanol–water partition coefficient (Wildman–Crippen LogP) is 0.772. The van der Waals surface area contributed by atoms with E-state index in [0.29, 0.717) is 6.42 Å². The van der Waals surface area contributed by atoms with Gasteiger partial charge in [-0.05, 0) is 38.8 Å². The van der Waals surface area contributed by atoms with Crippen molar-refractivity contribution < 1.29 is 9.53 Å². The fourth-order valence-electron chi connectivity index (χ4n) is 3.38. The molecule has 0 bridgehead atoms. The Bertz CT molecular complexity index is 473. The summed E-state index contributed by atoms with van der Waals surface area (Å²) in [5.74, 6) is 0.238. The van der Waals surface area contributed by atoms with Crippen LogP contribution in [0.25, 0.3) is 0 Å². The second-order valence-corrected chi connectivity index (χ2v) is 6.46. The number of rotatable bonds is 6. The van der Waals surface area contributed by atoms with Crippen molar-refractivity contribution in [3.05, 3.63) is 12.7 Å². The molecule has 2 saturated heterocycles. The van der Waals surface area contributed by atoms with Crippen LogP contribution in [0, 0.1) is 0 Å². The van der Waals surface area contributed by atoms with E-state index in [1.54, 1.807) is 11.0 Å². The zero-order chi connectivity index (χ0) is 15.9. The Morgan fingerprint density at radius 2 is 2.09 bits per heavy atom. The van der Waals surface area contributed by atoms with Crippen LogP contribution in [0.15, 0.2) is 12.7 Å². The van der Waals surface area contributed by atoms with Gasteiger partial charge in [0.15, 0.2) is 0 Å². The summed E-state index contributed by atoms with van der Waals surface area (Å²) in [6.45, 7) is 6.37. The average Bonchev–Trinajstić information content (AvgIpc) is 3.19. The van der Waals surface area contributed by atoms with Crippen molar-refractivity contribution in [1.29, 1.82) is 0 Å². The summed E-state index contributed by atoms with van der Waals surface area (Å²) >= 11 is 0. The van der Waals surface area contributed by atoms with E-state index in [1.165, 1.54) is 32.3 Å². The molecule has 0 unspecified atom stereocenters. The topological polar surface area (TPSA) is 63.5 Å².